The number of nitrogens with one attached hydrogen (secondary N) is 1. The molecule has 0 unspecified atom stereocenters. The number of halogens is 1. The van der Waals surface area contributed by atoms with Crippen molar-refractivity contribution in [2.75, 3.05) is 5.73 Å². The van der Waals surface area contributed by atoms with Crippen molar-refractivity contribution in [3.05, 3.63) is 22.0 Å². The summed E-state index contributed by atoms with van der Waals surface area (Å²) in [6.07, 6.45) is 3.64. The number of rotatable bonds is 0. The van der Waals surface area contributed by atoms with Crippen LogP contribution in [0.4, 0.5) is 5.82 Å². The van der Waals surface area contributed by atoms with Crippen molar-refractivity contribution in [1.82, 2.24) is 9.97 Å². The average Bonchev–Trinajstić information content (AvgIpc) is 2.45. The van der Waals surface area contributed by atoms with Gasteiger partial charge in [0.1, 0.15) is 5.82 Å². The van der Waals surface area contributed by atoms with Crippen LogP contribution in [0.3, 0.4) is 0 Å². The third kappa shape index (κ3) is 0.973. The van der Waals surface area contributed by atoms with Crippen molar-refractivity contribution in [2.24, 2.45) is 0 Å². The molecule has 0 aliphatic carbocycles. The molecule has 11 heavy (non-hydrogen) atoms. The summed E-state index contributed by atoms with van der Waals surface area (Å²) in [6, 6.07) is 2.00. The molecule has 0 amide bonds. The predicted octanol–water partition coefficient (Wildman–Crippen LogP) is 1.75. The van der Waals surface area contributed by atoms with Crippen molar-refractivity contribution in [2.45, 2.75) is 0 Å². The average molecular weight is 259 g/mol. The Hall–Kier alpha value is -0.780. The van der Waals surface area contributed by atoms with Gasteiger partial charge in [-0.2, -0.15) is 0 Å². The number of hydrogen-bond donors (Lipinski definition) is 2. The summed E-state index contributed by atoms with van der Waals surface area (Å²) in [5.74, 6) is 0.561. The molecule has 0 fully saturated rings. The number of nitrogen functional groups attached to an aromatic ring is 1. The maximum absolute atomic E-state index is 5.62. The summed E-state index contributed by atoms with van der Waals surface area (Å²) >= 11 is 2.23. The fourth-order valence-electron chi connectivity index (χ4n) is 1.04. The lowest BCUT2D eigenvalue weighted by Crippen LogP contribution is -1.91. The number of anilines is 1. The van der Waals surface area contributed by atoms with Gasteiger partial charge in [-0.25, -0.2) is 4.98 Å². The Morgan fingerprint density at radius 1 is 1.55 bits per heavy atom. The Kier molecular flexibility index (Phi) is 1.49. The highest BCUT2D eigenvalue weighted by Crippen LogP contribution is 2.21. The second-order valence-electron chi connectivity index (χ2n) is 2.26. The van der Waals surface area contributed by atoms with Gasteiger partial charge in [0.2, 0.25) is 0 Å². The first-order valence-electron chi connectivity index (χ1n) is 3.16. The number of nitrogens with two attached hydrogens (primary N) is 1. The van der Waals surface area contributed by atoms with E-state index in [0.717, 1.165) is 14.5 Å². The first kappa shape index (κ1) is 6.90. The zero-order chi connectivity index (χ0) is 7.84. The summed E-state index contributed by atoms with van der Waals surface area (Å²) in [4.78, 5) is 7.05. The number of aromatic nitrogens is 2. The summed E-state index contributed by atoms with van der Waals surface area (Å²) in [5, 5.41) is 1.14. The van der Waals surface area contributed by atoms with E-state index < -0.39 is 0 Å². The number of pyridine rings is 1. The number of H-pyrrole nitrogens is 1. The maximum atomic E-state index is 5.62. The number of aromatic amines is 1. The van der Waals surface area contributed by atoms with Crippen LogP contribution in [-0.2, 0) is 0 Å². The first-order chi connectivity index (χ1) is 5.29. The number of nitrogens with zero attached hydrogens (tertiary/aromatic N) is 1. The minimum Gasteiger partial charge on any atom is -0.382 e. The molecule has 0 saturated carbocycles. The molecule has 2 heterocycles. The van der Waals surface area contributed by atoms with Gasteiger partial charge in [0.25, 0.3) is 0 Å². The van der Waals surface area contributed by atoms with Gasteiger partial charge in [0.05, 0.1) is 5.52 Å². The Morgan fingerprint density at radius 2 is 2.36 bits per heavy atom. The van der Waals surface area contributed by atoms with Crippen LogP contribution < -0.4 is 5.73 Å². The lowest BCUT2D eigenvalue weighted by atomic mass is 10.3. The van der Waals surface area contributed by atoms with E-state index in [1.54, 1.807) is 6.20 Å². The van der Waals surface area contributed by atoms with Crippen LogP contribution in [-0.4, -0.2) is 9.97 Å². The van der Waals surface area contributed by atoms with Crippen LogP contribution in [0, 0.1) is 3.57 Å². The Labute approximate surface area is 77.1 Å². The smallest absolute Gasteiger partial charge is 0.147 e. The van der Waals surface area contributed by atoms with Gasteiger partial charge in [-0.15, -0.1) is 0 Å². The van der Waals surface area contributed by atoms with Crippen molar-refractivity contribution >= 4 is 39.3 Å². The van der Waals surface area contributed by atoms with Crippen molar-refractivity contribution in [3.8, 4) is 0 Å². The number of fused-ring (bicyclic) bond motifs is 1. The van der Waals surface area contributed by atoms with Gasteiger partial charge in [0.15, 0.2) is 0 Å². The minimum atomic E-state index is 0.561. The van der Waals surface area contributed by atoms with E-state index in [9.17, 15) is 0 Å². The zero-order valence-electron chi connectivity index (χ0n) is 5.63. The molecule has 56 valence electrons. The van der Waals surface area contributed by atoms with Crippen LogP contribution in [0.1, 0.15) is 0 Å². The SMILES string of the molecule is Nc1ncc(I)c2cc[nH]c12. The molecule has 2 aromatic rings. The van der Waals surface area contributed by atoms with E-state index in [-0.39, 0.29) is 0 Å². The quantitative estimate of drug-likeness (QED) is 0.708. The normalized spacial score (nSPS) is 10.6. The monoisotopic (exact) mass is 259 g/mol. The lowest BCUT2D eigenvalue weighted by Gasteiger charge is -1.95. The highest BCUT2D eigenvalue weighted by molar-refractivity contribution is 14.1. The molecule has 3 nitrogen and oxygen atoms in total. The third-order valence-corrected chi connectivity index (χ3v) is 2.44. The second-order valence-corrected chi connectivity index (χ2v) is 3.42. The van der Waals surface area contributed by atoms with E-state index in [2.05, 4.69) is 32.6 Å². The van der Waals surface area contributed by atoms with Crippen LogP contribution in [0.2, 0.25) is 0 Å². The standard InChI is InChI=1S/C7H6IN3/c8-5-3-11-7(9)6-4(5)1-2-10-6/h1-3,10H,(H2,9,11). The molecule has 0 aromatic carbocycles. The lowest BCUT2D eigenvalue weighted by molar-refractivity contribution is 1.33. The fourth-order valence-corrected chi connectivity index (χ4v) is 1.63. The van der Waals surface area contributed by atoms with E-state index >= 15 is 0 Å². The molecule has 4 heteroatoms. The van der Waals surface area contributed by atoms with Crippen LogP contribution in [0.25, 0.3) is 10.9 Å². The molecule has 0 bridgehead atoms. The summed E-state index contributed by atoms with van der Waals surface area (Å²) in [5.41, 5.74) is 6.55. The third-order valence-electron chi connectivity index (χ3n) is 1.58. The summed E-state index contributed by atoms with van der Waals surface area (Å²) in [7, 11) is 0. The second kappa shape index (κ2) is 2.37. The van der Waals surface area contributed by atoms with E-state index in [4.69, 9.17) is 5.73 Å². The molecule has 0 atom stereocenters. The predicted molar refractivity (Wildman–Crippen MR) is 53.2 cm³/mol. The molecule has 2 rings (SSSR count). The maximum Gasteiger partial charge on any atom is 0.147 e. The Balaban J connectivity index is 2.96. The highest BCUT2D eigenvalue weighted by atomic mass is 127. The van der Waals surface area contributed by atoms with E-state index in [0.29, 0.717) is 5.82 Å². The molecule has 0 aliphatic heterocycles. The molecule has 3 N–H and O–H groups in total. The van der Waals surface area contributed by atoms with Crippen molar-refractivity contribution < 1.29 is 0 Å². The highest BCUT2D eigenvalue weighted by Gasteiger charge is 2.02. The first-order valence-corrected chi connectivity index (χ1v) is 4.24. The van der Waals surface area contributed by atoms with Gasteiger partial charge in [-0.3, -0.25) is 0 Å². The van der Waals surface area contributed by atoms with Gasteiger partial charge < -0.3 is 10.7 Å². The van der Waals surface area contributed by atoms with Gasteiger partial charge in [0, 0.05) is 21.4 Å². The molecule has 2 aromatic heterocycles. The van der Waals surface area contributed by atoms with Crippen molar-refractivity contribution in [3.63, 3.8) is 0 Å². The van der Waals surface area contributed by atoms with Crippen molar-refractivity contribution in [1.29, 1.82) is 0 Å². The largest absolute Gasteiger partial charge is 0.382 e. The molecule has 0 aliphatic rings. The molecule has 0 spiro atoms. The van der Waals surface area contributed by atoms with Gasteiger partial charge >= 0.3 is 0 Å². The van der Waals surface area contributed by atoms with Crippen LogP contribution in [0.5, 0.6) is 0 Å². The molecule has 0 saturated heterocycles. The number of hydrogen-bond acceptors (Lipinski definition) is 2. The molecular formula is C7H6IN3. The van der Waals surface area contributed by atoms with Crippen LogP contribution in [0.15, 0.2) is 18.5 Å². The Morgan fingerprint density at radius 3 is 3.09 bits per heavy atom. The minimum absolute atomic E-state index is 0.561. The van der Waals surface area contributed by atoms with E-state index in [1.807, 2.05) is 12.3 Å². The molecular weight excluding hydrogens is 253 g/mol. The fraction of sp³-hybridized carbons (Fsp3) is 0. The van der Waals surface area contributed by atoms with Gasteiger partial charge in [-0.1, -0.05) is 0 Å². The van der Waals surface area contributed by atoms with Crippen LogP contribution >= 0.6 is 22.6 Å². The summed E-state index contributed by atoms with van der Waals surface area (Å²) < 4.78 is 1.12. The summed E-state index contributed by atoms with van der Waals surface area (Å²) in [6.45, 7) is 0. The molecule has 0 radical (unpaired) electrons. The Bertz CT molecular complexity index is 357. The topological polar surface area (TPSA) is 54.7 Å². The van der Waals surface area contributed by atoms with E-state index in [1.165, 1.54) is 0 Å². The zero-order valence-corrected chi connectivity index (χ0v) is 7.79. The van der Waals surface area contributed by atoms with Gasteiger partial charge in [-0.05, 0) is 28.7 Å².